The smallest absolute Gasteiger partial charge is 0.338 e. The number of aromatic carboxylic acids is 1. The number of aromatic nitrogens is 1. The Kier molecular flexibility index (Phi) is 4.38. The van der Waals surface area contributed by atoms with Gasteiger partial charge in [-0.1, -0.05) is 70.5 Å². The number of halogens is 1. The highest BCUT2D eigenvalue weighted by molar-refractivity contribution is 9.10. The summed E-state index contributed by atoms with van der Waals surface area (Å²) in [5.41, 5.74) is 10.5. The van der Waals surface area contributed by atoms with E-state index in [1.165, 1.54) is 0 Å². The van der Waals surface area contributed by atoms with Gasteiger partial charge in [-0.3, -0.25) is 0 Å². The van der Waals surface area contributed by atoms with Crippen molar-refractivity contribution in [2.24, 2.45) is 0 Å². The first-order valence-electron chi connectivity index (χ1n) is 8.32. The Morgan fingerprint density at radius 3 is 2.19 bits per heavy atom. The van der Waals surface area contributed by atoms with Gasteiger partial charge >= 0.3 is 5.97 Å². The maximum absolute atomic E-state index is 11.8. The normalized spacial score (nSPS) is 10.9. The Bertz CT molecular complexity index is 1160. The predicted molar refractivity (Wildman–Crippen MR) is 112 cm³/mol. The molecule has 4 aromatic rings. The largest absolute Gasteiger partial charge is 0.478 e. The lowest BCUT2D eigenvalue weighted by Crippen LogP contribution is -2.07. The van der Waals surface area contributed by atoms with Gasteiger partial charge in [0.25, 0.3) is 0 Å². The highest BCUT2D eigenvalue weighted by Crippen LogP contribution is 2.34. The minimum atomic E-state index is -1.07. The third-order valence-electron chi connectivity index (χ3n) is 4.46. The van der Waals surface area contributed by atoms with Crippen LogP contribution in [-0.2, 0) is 0 Å². The number of pyridine rings is 1. The second-order valence-electron chi connectivity index (χ2n) is 6.16. The molecule has 0 aliphatic rings. The molecule has 0 fully saturated rings. The Balaban J connectivity index is 1.88. The topological polar surface area (TPSA) is 76.2 Å². The molecule has 0 bridgehead atoms. The van der Waals surface area contributed by atoms with Crippen molar-refractivity contribution in [2.45, 2.75) is 0 Å². The van der Waals surface area contributed by atoms with E-state index in [1.807, 2.05) is 60.7 Å². The third-order valence-corrected chi connectivity index (χ3v) is 4.96. The van der Waals surface area contributed by atoms with E-state index < -0.39 is 5.97 Å². The summed E-state index contributed by atoms with van der Waals surface area (Å²) < 4.78 is 0.777. The van der Waals surface area contributed by atoms with Crippen LogP contribution >= 0.6 is 15.9 Å². The van der Waals surface area contributed by atoms with Gasteiger partial charge in [0.05, 0.1) is 22.5 Å². The zero-order valence-electron chi connectivity index (χ0n) is 14.2. The van der Waals surface area contributed by atoms with Crippen molar-refractivity contribution in [3.8, 4) is 22.4 Å². The van der Waals surface area contributed by atoms with Gasteiger partial charge in [-0.05, 0) is 29.3 Å². The molecule has 3 aromatic carbocycles. The Labute approximate surface area is 164 Å². The summed E-state index contributed by atoms with van der Waals surface area (Å²) in [5.74, 6) is -1.07. The van der Waals surface area contributed by atoms with Crippen LogP contribution in [0.15, 0.2) is 77.3 Å². The van der Waals surface area contributed by atoms with Crippen molar-refractivity contribution in [3.63, 3.8) is 0 Å². The quantitative estimate of drug-likeness (QED) is 0.453. The predicted octanol–water partition coefficient (Wildman–Crippen LogP) is 5.61. The van der Waals surface area contributed by atoms with Gasteiger partial charge in [-0.25, -0.2) is 9.78 Å². The fourth-order valence-corrected chi connectivity index (χ4v) is 3.51. The number of carboxylic acid groups (broad SMARTS) is 1. The standard InChI is InChI=1S/C22H15BrN2O2/c23-16-10-11-18-17(12-16)19(22(26)27)20(24)21(25-18)15-8-6-14(7-9-15)13-4-2-1-3-5-13/h1-12H,24H2,(H,26,27). The molecule has 132 valence electrons. The van der Waals surface area contributed by atoms with Crippen molar-refractivity contribution in [1.29, 1.82) is 0 Å². The molecule has 3 N–H and O–H groups in total. The second-order valence-corrected chi connectivity index (χ2v) is 7.07. The van der Waals surface area contributed by atoms with E-state index in [1.54, 1.807) is 12.1 Å². The molecular formula is C22H15BrN2O2. The average molecular weight is 419 g/mol. The molecule has 0 unspecified atom stereocenters. The van der Waals surface area contributed by atoms with Crippen LogP contribution in [0.1, 0.15) is 10.4 Å². The van der Waals surface area contributed by atoms with Crippen LogP contribution in [0.25, 0.3) is 33.3 Å². The zero-order chi connectivity index (χ0) is 19.0. The van der Waals surface area contributed by atoms with E-state index in [0.717, 1.165) is 21.2 Å². The van der Waals surface area contributed by atoms with Gasteiger partial charge in [0.2, 0.25) is 0 Å². The lowest BCUT2D eigenvalue weighted by molar-refractivity contribution is 0.0700. The first-order chi connectivity index (χ1) is 13.0. The molecule has 27 heavy (non-hydrogen) atoms. The lowest BCUT2D eigenvalue weighted by atomic mass is 9.99. The number of anilines is 1. The molecule has 0 aliphatic carbocycles. The molecule has 1 heterocycles. The summed E-state index contributed by atoms with van der Waals surface area (Å²) in [6.07, 6.45) is 0. The summed E-state index contributed by atoms with van der Waals surface area (Å²) >= 11 is 3.37. The van der Waals surface area contributed by atoms with Gasteiger partial charge in [0.15, 0.2) is 0 Å². The fourth-order valence-electron chi connectivity index (χ4n) is 3.15. The molecular weight excluding hydrogens is 404 g/mol. The van der Waals surface area contributed by atoms with Crippen LogP contribution in [0, 0.1) is 0 Å². The first kappa shape index (κ1) is 17.2. The van der Waals surface area contributed by atoms with Crippen LogP contribution < -0.4 is 5.73 Å². The van der Waals surface area contributed by atoms with Gasteiger partial charge in [0, 0.05) is 15.4 Å². The Morgan fingerprint density at radius 1 is 0.889 bits per heavy atom. The number of benzene rings is 3. The molecule has 0 saturated carbocycles. The van der Waals surface area contributed by atoms with E-state index >= 15 is 0 Å². The van der Waals surface area contributed by atoms with Crippen molar-refractivity contribution < 1.29 is 9.90 Å². The molecule has 5 heteroatoms. The van der Waals surface area contributed by atoms with E-state index in [0.29, 0.717) is 16.6 Å². The summed E-state index contributed by atoms with van der Waals surface area (Å²) in [4.78, 5) is 16.5. The summed E-state index contributed by atoms with van der Waals surface area (Å²) in [5, 5.41) is 10.2. The molecule has 0 atom stereocenters. The zero-order valence-corrected chi connectivity index (χ0v) is 15.8. The number of carbonyl (C=O) groups is 1. The number of rotatable bonds is 3. The molecule has 0 spiro atoms. The van der Waals surface area contributed by atoms with Crippen LogP contribution in [-0.4, -0.2) is 16.1 Å². The summed E-state index contributed by atoms with van der Waals surface area (Å²) in [6.45, 7) is 0. The van der Waals surface area contributed by atoms with Crippen molar-refractivity contribution in [1.82, 2.24) is 4.98 Å². The maximum atomic E-state index is 11.8. The fraction of sp³-hybridized carbons (Fsp3) is 0. The Morgan fingerprint density at radius 2 is 1.52 bits per heavy atom. The number of nitrogen functional groups attached to an aromatic ring is 1. The van der Waals surface area contributed by atoms with E-state index in [4.69, 9.17) is 5.73 Å². The highest BCUT2D eigenvalue weighted by atomic mass is 79.9. The van der Waals surface area contributed by atoms with Gasteiger partial charge in [-0.2, -0.15) is 0 Å². The van der Waals surface area contributed by atoms with Crippen molar-refractivity contribution in [2.75, 3.05) is 5.73 Å². The molecule has 0 aliphatic heterocycles. The van der Waals surface area contributed by atoms with Crippen LogP contribution in [0.2, 0.25) is 0 Å². The summed E-state index contributed by atoms with van der Waals surface area (Å²) in [7, 11) is 0. The Hall–Kier alpha value is -3.18. The summed E-state index contributed by atoms with van der Waals surface area (Å²) in [6, 6.07) is 23.2. The molecule has 4 nitrogen and oxygen atoms in total. The number of nitrogens with zero attached hydrogens (tertiary/aromatic N) is 1. The molecule has 1 aromatic heterocycles. The average Bonchev–Trinajstić information content (AvgIpc) is 2.68. The van der Waals surface area contributed by atoms with Gasteiger partial charge < -0.3 is 10.8 Å². The third kappa shape index (κ3) is 3.17. The van der Waals surface area contributed by atoms with E-state index in [-0.39, 0.29) is 11.3 Å². The molecule has 4 rings (SSSR count). The van der Waals surface area contributed by atoms with Gasteiger partial charge in [-0.15, -0.1) is 0 Å². The van der Waals surface area contributed by atoms with E-state index in [2.05, 4.69) is 20.9 Å². The maximum Gasteiger partial charge on any atom is 0.338 e. The number of hydrogen-bond acceptors (Lipinski definition) is 3. The number of hydrogen-bond donors (Lipinski definition) is 2. The molecule has 0 radical (unpaired) electrons. The van der Waals surface area contributed by atoms with E-state index in [9.17, 15) is 9.90 Å². The minimum absolute atomic E-state index is 0.0726. The number of nitrogens with two attached hydrogens (primary N) is 1. The van der Waals surface area contributed by atoms with Crippen LogP contribution in [0.3, 0.4) is 0 Å². The number of carboxylic acids is 1. The van der Waals surface area contributed by atoms with Crippen LogP contribution in [0.4, 0.5) is 5.69 Å². The monoisotopic (exact) mass is 418 g/mol. The SMILES string of the molecule is Nc1c(-c2ccc(-c3ccccc3)cc2)nc2ccc(Br)cc2c1C(=O)O. The second kappa shape index (κ2) is 6.85. The lowest BCUT2D eigenvalue weighted by Gasteiger charge is -2.12. The highest BCUT2D eigenvalue weighted by Gasteiger charge is 2.19. The molecule has 0 saturated heterocycles. The first-order valence-corrected chi connectivity index (χ1v) is 9.12. The minimum Gasteiger partial charge on any atom is -0.478 e. The molecule has 0 amide bonds. The number of fused-ring (bicyclic) bond motifs is 1. The van der Waals surface area contributed by atoms with Crippen LogP contribution in [0.5, 0.6) is 0 Å². The van der Waals surface area contributed by atoms with Crippen molar-refractivity contribution >= 4 is 38.5 Å². The van der Waals surface area contributed by atoms with Gasteiger partial charge in [0.1, 0.15) is 0 Å². The van der Waals surface area contributed by atoms with Crippen molar-refractivity contribution in [3.05, 3.63) is 82.8 Å².